The molecule has 19 heavy (non-hydrogen) atoms. The largest absolute Gasteiger partial charge is 0.496 e. The van der Waals surface area contributed by atoms with Gasteiger partial charge < -0.3 is 4.74 Å². The average molecular weight is 321 g/mol. The van der Waals surface area contributed by atoms with Crippen LogP contribution < -0.4 is 4.74 Å². The van der Waals surface area contributed by atoms with Crippen molar-refractivity contribution in [2.45, 2.75) is 13.1 Å². The quantitative estimate of drug-likeness (QED) is 0.843. The predicted molar refractivity (Wildman–Crippen MR) is 80.1 cm³/mol. The maximum absolute atomic E-state index is 5.23. The van der Waals surface area contributed by atoms with Crippen LogP contribution in [0.1, 0.15) is 11.3 Å². The van der Waals surface area contributed by atoms with E-state index in [0.717, 1.165) is 29.0 Å². The summed E-state index contributed by atoms with van der Waals surface area (Å²) in [4.78, 5) is 6.57. The molecule has 0 radical (unpaired) electrons. The highest BCUT2D eigenvalue weighted by Crippen LogP contribution is 2.26. The fourth-order valence-electron chi connectivity index (χ4n) is 1.94. The van der Waals surface area contributed by atoms with Crippen molar-refractivity contribution in [1.82, 2.24) is 9.88 Å². The molecule has 0 aliphatic carbocycles. The summed E-state index contributed by atoms with van der Waals surface area (Å²) in [6.45, 7) is 1.71. The van der Waals surface area contributed by atoms with E-state index >= 15 is 0 Å². The molecule has 0 aliphatic heterocycles. The van der Waals surface area contributed by atoms with Crippen molar-refractivity contribution >= 4 is 15.9 Å². The lowest BCUT2D eigenvalue weighted by Gasteiger charge is -2.16. The zero-order valence-electron chi connectivity index (χ0n) is 11.1. The smallest absolute Gasteiger partial charge is 0.133 e. The van der Waals surface area contributed by atoms with Crippen LogP contribution in [0, 0.1) is 0 Å². The molecular formula is C15H17BrN2O. The van der Waals surface area contributed by atoms with Crippen LogP contribution in [0.2, 0.25) is 0 Å². The number of hydrogen-bond donors (Lipinski definition) is 0. The molecule has 0 N–H and O–H groups in total. The maximum atomic E-state index is 5.23. The van der Waals surface area contributed by atoms with E-state index in [1.807, 2.05) is 30.5 Å². The molecule has 0 bridgehead atoms. The zero-order chi connectivity index (χ0) is 13.7. The van der Waals surface area contributed by atoms with Gasteiger partial charge >= 0.3 is 0 Å². The molecule has 0 atom stereocenters. The molecule has 0 saturated heterocycles. The van der Waals surface area contributed by atoms with E-state index in [1.54, 1.807) is 7.11 Å². The standard InChI is InChI=1S/C15H17BrN2O/c1-18(11-13-5-3-4-8-17-13)10-12-6-7-15(19-2)14(16)9-12/h3-9H,10-11H2,1-2H3. The van der Waals surface area contributed by atoms with E-state index in [1.165, 1.54) is 5.56 Å². The number of rotatable bonds is 5. The Morgan fingerprint density at radius 2 is 2.05 bits per heavy atom. The molecule has 1 aromatic heterocycles. The van der Waals surface area contributed by atoms with Crippen LogP contribution in [-0.2, 0) is 13.1 Å². The number of hydrogen-bond acceptors (Lipinski definition) is 3. The van der Waals surface area contributed by atoms with Crippen molar-refractivity contribution in [2.75, 3.05) is 14.2 Å². The van der Waals surface area contributed by atoms with Crippen molar-refractivity contribution in [2.24, 2.45) is 0 Å². The van der Waals surface area contributed by atoms with E-state index in [2.05, 4.69) is 45.0 Å². The number of methoxy groups -OCH3 is 1. The molecule has 2 aromatic rings. The van der Waals surface area contributed by atoms with E-state index in [9.17, 15) is 0 Å². The van der Waals surface area contributed by atoms with Crippen LogP contribution in [0.15, 0.2) is 47.1 Å². The van der Waals surface area contributed by atoms with Gasteiger partial charge in [0.1, 0.15) is 5.75 Å². The van der Waals surface area contributed by atoms with E-state index in [0.29, 0.717) is 0 Å². The number of ether oxygens (including phenoxy) is 1. The Kier molecular flexibility index (Phi) is 4.93. The van der Waals surface area contributed by atoms with Gasteiger partial charge in [-0.15, -0.1) is 0 Å². The molecule has 0 unspecified atom stereocenters. The topological polar surface area (TPSA) is 25.4 Å². The minimum Gasteiger partial charge on any atom is -0.496 e. The first kappa shape index (κ1) is 14.0. The van der Waals surface area contributed by atoms with Crippen molar-refractivity contribution in [1.29, 1.82) is 0 Å². The van der Waals surface area contributed by atoms with Gasteiger partial charge in [-0.05, 0) is 52.8 Å². The number of aromatic nitrogens is 1. The summed E-state index contributed by atoms with van der Waals surface area (Å²) in [7, 11) is 3.76. The van der Waals surface area contributed by atoms with Gasteiger partial charge in [0, 0.05) is 19.3 Å². The van der Waals surface area contributed by atoms with E-state index < -0.39 is 0 Å². The fourth-order valence-corrected chi connectivity index (χ4v) is 2.53. The summed E-state index contributed by atoms with van der Waals surface area (Å²) in [6.07, 6.45) is 1.83. The molecule has 4 heteroatoms. The van der Waals surface area contributed by atoms with Gasteiger partial charge in [-0.3, -0.25) is 9.88 Å². The van der Waals surface area contributed by atoms with Gasteiger partial charge in [0.05, 0.1) is 17.3 Å². The first-order valence-corrected chi connectivity index (χ1v) is 6.89. The Labute approximate surface area is 122 Å². The van der Waals surface area contributed by atoms with Crippen LogP contribution >= 0.6 is 15.9 Å². The lowest BCUT2D eigenvalue weighted by molar-refractivity contribution is 0.315. The van der Waals surface area contributed by atoms with Gasteiger partial charge in [0.2, 0.25) is 0 Å². The SMILES string of the molecule is COc1ccc(CN(C)Cc2ccccn2)cc1Br. The predicted octanol–water partition coefficient (Wildman–Crippen LogP) is 3.48. The van der Waals surface area contributed by atoms with Gasteiger partial charge in [-0.2, -0.15) is 0 Å². The summed E-state index contributed by atoms with van der Waals surface area (Å²) in [5, 5.41) is 0. The Morgan fingerprint density at radius 3 is 2.68 bits per heavy atom. The highest BCUT2D eigenvalue weighted by atomic mass is 79.9. The third-order valence-corrected chi connectivity index (χ3v) is 3.45. The van der Waals surface area contributed by atoms with Gasteiger partial charge in [0.15, 0.2) is 0 Å². The number of nitrogens with zero attached hydrogens (tertiary/aromatic N) is 2. The number of benzene rings is 1. The molecule has 0 fully saturated rings. The second-order valence-corrected chi connectivity index (χ2v) is 5.32. The Hall–Kier alpha value is -1.39. The molecule has 1 aromatic carbocycles. The van der Waals surface area contributed by atoms with E-state index in [-0.39, 0.29) is 0 Å². The second kappa shape index (κ2) is 6.68. The lowest BCUT2D eigenvalue weighted by Crippen LogP contribution is -2.17. The van der Waals surface area contributed by atoms with Crippen LogP contribution in [0.4, 0.5) is 0 Å². The number of halogens is 1. The van der Waals surface area contributed by atoms with Crippen molar-refractivity contribution in [3.8, 4) is 5.75 Å². The highest BCUT2D eigenvalue weighted by molar-refractivity contribution is 9.10. The molecule has 2 rings (SSSR count). The average Bonchev–Trinajstić information content (AvgIpc) is 2.40. The molecular weight excluding hydrogens is 304 g/mol. The van der Waals surface area contributed by atoms with Crippen molar-refractivity contribution < 1.29 is 4.74 Å². The molecule has 1 heterocycles. The van der Waals surface area contributed by atoms with Crippen LogP contribution in [0.3, 0.4) is 0 Å². The third-order valence-electron chi connectivity index (χ3n) is 2.83. The van der Waals surface area contributed by atoms with Crippen molar-refractivity contribution in [3.63, 3.8) is 0 Å². The lowest BCUT2D eigenvalue weighted by atomic mass is 10.2. The number of pyridine rings is 1. The first-order chi connectivity index (χ1) is 9.19. The van der Waals surface area contributed by atoms with E-state index in [4.69, 9.17) is 4.74 Å². The van der Waals surface area contributed by atoms with Crippen LogP contribution in [0.5, 0.6) is 5.75 Å². The monoisotopic (exact) mass is 320 g/mol. The zero-order valence-corrected chi connectivity index (χ0v) is 12.7. The minimum absolute atomic E-state index is 0.838. The first-order valence-electron chi connectivity index (χ1n) is 6.10. The molecule has 0 aliphatic rings. The Bertz CT molecular complexity index is 531. The van der Waals surface area contributed by atoms with Gasteiger partial charge in [0.25, 0.3) is 0 Å². The fraction of sp³-hybridized carbons (Fsp3) is 0.267. The molecule has 0 amide bonds. The Balaban J connectivity index is 1.99. The minimum atomic E-state index is 0.838. The maximum Gasteiger partial charge on any atom is 0.133 e. The van der Waals surface area contributed by atoms with Crippen LogP contribution in [0.25, 0.3) is 0 Å². The molecule has 0 spiro atoms. The van der Waals surface area contributed by atoms with Gasteiger partial charge in [-0.1, -0.05) is 12.1 Å². The molecule has 100 valence electrons. The summed E-state index contributed by atoms with van der Waals surface area (Å²) in [5.41, 5.74) is 2.32. The molecule has 3 nitrogen and oxygen atoms in total. The summed E-state index contributed by atoms with van der Waals surface area (Å²) in [5.74, 6) is 0.858. The van der Waals surface area contributed by atoms with Crippen molar-refractivity contribution in [3.05, 3.63) is 58.3 Å². The summed E-state index contributed by atoms with van der Waals surface area (Å²) >= 11 is 3.51. The summed E-state index contributed by atoms with van der Waals surface area (Å²) in [6, 6.07) is 12.1. The van der Waals surface area contributed by atoms with Gasteiger partial charge in [-0.25, -0.2) is 0 Å². The third kappa shape index (κ3) is 4.04. The Morgan fingerprint density at radius 1 is 1.21 bits per heavy atom. The summed E-state index contributed by atoms with van der Waals surface area (Å²) < 4.78 is 6.22. The highest BCUT2D eigenvalue weighted by Gasteiger charge is 2.05. The second-order valence-electron chi connectivity index (χ2n) is 4.46. The van der Waals surface area contributed by atoms with Crippen LogP contribution in [-0.4, -0.2) is 24.0 Å². The molecule has 0 saturated carbocycles. The normalized spacial score (nSPS) is 10.7.